The molecule has 0 saturated carbocycles. The van der Waals surface area contributed by atoms with E-state index in [0.29, 0.717) is 19.2 Å². The van der Waals surface area contributed by atoms with Crippen LogP contribution in [0.2, 0.25) is 0 Å². The third-order valence-electron chi connectivity index (χ3n) is 5.14. The number of hydrogen-bond acceptors (Lipinski definition) is 7. The maximum absolute atomic E-state index is 12.6. The number of sulfonamides is 1. The fraction of sp³-hybridized carbons (Fsp3) is 0.611. The molecule has 9 heteroatoms. The van der Waals surface area contributed by atoms with Gasteiger partial charge in [-0.25, -0.2) is 13.1 Å². The molecule has 0 unspecified atom stereocenters. The third-order valence-corrected chi connectivity index (χ3v) is 6.62. The summed E-state index contributed by atoms with van der Waals surface area (Å²) in [5, 5.41) is 19.5. The van der Waals surface area contributed by atoms with Gasteiger partial charge in [0.2, 0.25) is 10.0 Å². The molecule has 1 aromatic rings. The van der Waals surface area contributed by atoms with Crippen LogP contribution in [0.1, 0.15) is 18.4 Å². The molecule has 0 aliphatic carbocycles. The molecule has 0 radical (unpaired) electrons. The van der Waals surface area contributed by atoms with E-state index in [1.165, 1.54) is 24.3 Å². The lowest BCUT2D eigenvalue weighted by atomic mass is 10.1. The van der Waals surface area contributed by atoms with Gasteiger partial charge in [-0.05, 0) is 37.6 Å². The average Bonchev–Trinajstić information content (AvgIpc) is 3.23. The molecule has 2 N–H and O–H groups in total. The summed E-state index contributed by atoms with van der Waals surface area (Å²) < 4.78 is 38.6. The highest BCUT2D eigenvalue weighted by Gasteiger charge is 2.40. The van der Waals surface area contributed by atoms with Crippen molar-refractivity contribution in [3.05, 3.63) is 29.8 Å². The third kappa shape index (κ3) is 4.66. The lowest BCUT2D eigenvalue weighted by molar-refractivity contribution is 0.00485. The Morgan fingerprint density at radius 3 is 3.04 bits per heavy atom. The SMILES string of the molecule is COC[C@H]1CCCN1C[C@@H]1OC[C@H](NS(=O)(=O)c2cccc(C#N)c2)[C@H]1O. The van der Waals surface area contributed by atoms with Gasteiger partial charge in [-0.15, -0.1) is 0 Å². The fourth-order valence-electron chi connectivity index (χ4n) is 3.70. The number of likely N-dealkylation sites (tertiary alicyclic amines) is 1. The van der Waals surface area contributed by atoms with Crippen molar-refractivity contribution in [1.29, 1.82) is 5.26 Å². The highest BCUT2D eigenvalue weighted by Crippen LogP contribution is 2.23. The normalized spacial score (nSPS) is 29.1. The van der Waals surface area contributed by atoms with E-state index >= 15 is 0 Å². The quantitative estimate of drug-likeness (QED) is 0.672. The van der Waals surface area contributed by atoms with Gasteiger partial charge in [0, 0.05) is 19.7 Å². The Hall–Kier alpha value is -1.54. The van der Waals surface area contributed by atoms with Crippen molar-refractivity contribution in [1.82, 2.24) is 9.62 Å². The molecule has 27 heavy (non-hydrogen) atoms. The van der Waals surface area contributed by atoms with Gasteiger partial charge in [-0.3, -0.25) is 4.90 Å². The second-order valence-electron chi connectivity index (χ2n) is 6.98. The summed E-state index contributed by atoms with van der Waals surface area (Å²) in [6.45, 7) is 2.19. The van der Waals surface area contributed by atoms with Crippen LogP contribution < -0.4 is 4.72 Å². The maximum Gasteiger partial charge on any atom is 0.241 e. The van der Waals surface area contributed by atoms with Crippen LogP contribution in [-0.2, 0) is 19.5 Å². The number of methoxy groups -OCH3 is 1. The number of ether oxygens (including phenoxy) is 2. The molecule has 148 valence electrons. The first-order valence-corrected chi connectivity index (χ1v) is 10.5. The molecule has 2 heterocycles. The molecule has 8 nitrogen and oxygen atoms in total. The molecule has 2 fully saturated rings. The monoisotopic (exact) mass is 395 g/mol. The largest absolute Gasteiger partial charge is 0.389 e. The van der Waals surface area contributed by atoms with Crippen LogP contribution in [0, 0.1) is 11.3 Å². The molecule has 0 spiro atoms. The molecule has 3 rings (SSSR count). The zero-order chi connectivity index (χ0) is 19.4. The Balaban J connectivity index is 1.63. The Kier molecular flexibility index (Phi) is 6.47. The summed E-state index contributed by atoms with van der Waals surface area (Å²) in [7, 11) is -2.18. The first-order valence-electron chi connectivity index (χ1n) is 9.00. The van der Waals surface area contributed by atoms with E-state index in [4.69, 9.17) is 14.7 Å². The van der Waals surface area contributed by atoms with Gasteiger partial charge in [0.15, 0.2) is 0 Å². The van der Waals surface area contributed by atoms with Crippen molar-refractivity contribution in [2.24, 2.45) is 0 Å². The van der Waals surface area contributed by atoms with E-state index in [2.05, 4.69) is 9.62 Å². The predicted molar refractivity (Wildman–Crippen MR) is 97.5 cm³/mol. The summed E-state index contributed by atoms with van der Waals surface area (Å²) >= 11 is 0. The van der Waals surface area contributed by atoms with E-state index < -0.39 is 28.3 Å². The lowest BCUT2D eigenvalue weighted by Crippen LogP contribution is -2.47. The first kappa shape index (κ1) is 20.2. The Labute approximate surface area is 159 Å². The Morgan fingerprint density at radius 2 is 2.30 bits per heavy atom. The van der Waals surface area contributed by atoms with Crippen LogP contribution in [0.5, 0.6) is 0 Å². The summed E-state index contributed by atoms with van der Waals surface area (Å²) in [5.74, 6) is 0. The van der Waals surface area contributed by atoms with Gasteiger partial charge in [0.1, 0.15) is 0 Å². The summed E-state index contributed by atoms with van der Waals surface area (Å²) in [6.07, 6.45) is 0.715. The molecular formula is C18H25N3O5S. The predicted octanol–water partition coefficient (Wildman–Crippen LogP) is 0.0757. The standard InChI is InChI=1S/C18H25N3O5S/c1-25-11-14-5-3-7-21(14)10-17-18(22)16(12-26-17)20-27(23,24)15-6-2-4-13(8-15)9-19/h2,4,6,8,14,16-18,20,22H,3,5,7,10-12H2,1H3/t14-,16+,17+,18-/m1/s1. The zero-order valence-corrected chi connectivity index (χ0v) is 16.1. The van der Waals surface area contributed by atoms with Crippen LogP contribution in [0.25, 0.3) is 0 Å². The van der Waals surface area contributed by atoms with Crippen molar-refractivity contribution in [3.63, 3.8) is 0 Å². The topological polar surface area (TPSA) is 112 Å². The van der Waals surface area contributed by atoms with Gasteiger partial charge in [-0.2, -0.15) is 5.26 Å². The van der Waals surface area contributed by atoms with Gasteiger partial charge >= 0.3 is 0 Å². The number of aliphatic hydroxyl groups is 1. The Bertz CT molecular complexity index is 794. The fourth-order valence-corrected chi connectivity index (χ4v) is 4.98. The van der Waals surface area contributed by atoms with Crippen molar-refractivity contribution < 1.29 is 23.0 Å². The zero-order valence-electron chi connectivity index (χ0n) is 15.2. The summed E-state index contributed by atoms with van der Waals surface area (Å²) in [6, 6.07) is 7.27. The van der Waals surface area contributed by atoms with Crippen LogP contribution in [-0.4, -0.2) is 76.1 Å². The van der Waals surface area contributed by atoms with Crippen LogP contribution in [0.3, 0.4) is 0 Å². The number of benzene rings is 1. The first-order chi connectivity index (χ1) is 12.9. The molecular weight excluding hydrogens is 370 g/mol. The molecule has 4 atom stereocenters. The van der Waals surface area contributed by atoms with Crippen molar-refractivity contribution in [2.75, 3.05) is 33.4 Å². The van der Waals surface area contributed by atoms with Gasteiger partial charge < -0.3 is 14.6 Å². The van der Waals surface area contributed by atoms with Gasteiger partial charge in [-0.1, -0.05) is 6.07 Å². The van der Waals surface area contributed by atoms with Crippen LogP contribution in [0.4, 0.5) is 0 Å². The minimum atomic E-state index is -3.85. The molecule has 0 aromatic heterocycles. The van der Waals surface area contributed by atoms with Gasteiger partial charge in [0.05, 0.1) is 48.0 Å². The number of aliphatic hydroxyl groups excluding tert-OH is 1. The molecule has 2 saturated heterocycles. The summed E-state index contributed by atoms with van der Waals surface area (Å²) in [4.78, 5) is 2.22. The van der Waals surface area contributed by atoms with Crippen molar-refractivity contribution >= 4 is 10.0 Å². The molecule has 1 aromatic carbocycles. The van der Waals surface area contributed by atoms with E-state index in [0.717, 1.165) is 19.4 Å². The highest BCUT2D eigenvalue weighted by atomic mass is 32.2. The smallest absolute Gasteiger partial charge is 0.241 e. The van der Waals surface area contributed by atoms with Crippen molar-refractivity contribution in [3.8, 4) is 6.07 Å². The van der Waals surface area contributed by atoms with E-state index in [9.17, 15) is 13.5 Å². The molecule has 0 amide bonds. The second-order valence-corrected chi connectivity index (χ2v) is 8.69. The van der Waals surface area contributed by atoms with E-state index in [-0.39, 0.29) is 17.1 Å². The average molecular weight is 395 g/mol. The van der Waals surface area contributed by atoms with Crippen LogP contribution >= 0.6 is 0 Å². The number of nitrogens with one attached hydrogen (secondary N) is 1. The van der Waals surface area contributed by atoms with Gasteiger partial charge in [0.25, 0.3) is 0 Å². The summed E-state index contributed by atoms with van der Waals surface area (Å²) in [5.41, 5.74) is 0.261. The molecule has 2 aliphatic heterocycles. The number of rotatable bonds is 7. The number of nitriles is 1. The number of hydrogen-bond donors (Lipinski definition) is 2. The maximum atomic E-state index is 12.6. The Morgan fingerprint density at radius 1 is 1.48 bits per heavy atom. The minimum Gasteiger partial charge on any atom is -0.389 e. The minimum absolute atomic E-state index is 0.00287. The number of nitrogens with zero attached hydrogens (tertiary/aromatic N) is 2. The second kappa shape index (κ2) is 8.65. The highest BCUT2D eigenvalue weighted by molar-refractivity contribution is 7.89. The lowest BCUT2D eigenvalue weighted by Gasteiger charge is -2.28. The van der Waals surface area contributed by atoms with E-state index in [1.54, 1.807) is 7.11 Å². The van der Waals surface area contributed by atoms with E-state index in [1.807, 2.05) is 6.07 Å². The van der Waals surface area contributed by atoms with Crippen molar-refractivity contribution in [2.45, 2.75) is 42.0 Å². The molecule has 0 bridgehead atoms. The molecule has 2 aliphatic rings. The van der Waals surface area contributed by atoms with Crippen LogP contribution in [0.15, 0.2) is 29.2 Å².